The van der Waals surface area contributed by atoms with Crippen molar-refractivity contribution in [3.8, 4) is 5.75 Å². The first-order chi connectivity index (χ1) is 9.67. The normalized spacial score (nSPS) is 11.3. The molecular weight excluding hydrogens is 250 g/mol. The number of guanidine groups is 1. The van der Waals surface area contributed by atoms with Crippen molar-refractivity contribution in [3.05, 3.63) is 42.5 Å². The maximum atomic E-state index is 5.63. The minimum Gasteiger partial charge on any atom is -0.489 e. The first-order valence-electron chi connectivity index (χ1n) is 6.93. The van der Waals surface area contributed by atoms with Gasteiger partial charge in [0.2, 0.25) is 0 Å². The third-order valence-electron chi connectivity index (χ3n) is 2.68. The number of nitrogens with one attached hydrogen (secondary N) is 2. The molecule has 0 spiro atoms. The lowest BCUT2D eigenvalue weighted by atomic mass is 10.2. The molecule has 0 fully saturated rings. The maximum Gasteiger partial charge on any atom is 0.191 e. The van der Waals surface area contributed by atoms with Crippen molar-refractivity contribution in [1.29, 1.82) is 0 Å². The lowest BCUT2D eigenvalue weighted by molar-refractivity contribution is 0.358. The molecule has 0 bridgehead atoms. The molecule has 4 nitrogen and oxygen atoms in total. The van der Waals surface area contributed by atoms with Gasteiger partial charge in [-0.2, -0.15) is 0 Å². The number of benzene rings is 1. The van der Waals surface area contributed by atoms with Gasteiger partial charge in [0.05, 0.1) is 0 Å². The highest BCUT2D eigenvalue weighted by Crippen LogP contribution is 2.17. The van der Waals surface area contributed by atoms with Gasteiger partial charge >= 0.3 is 0 Å². The van der Waals surface area contributed by atoms with E-state index in [1.807, 2.05) is 24.3 Å². The second kappa shape index (κ2) is 9.02. The fraction of sp³-hybridized carbons (Fsp3) is 0.438. The van der Waals surface area contributed by atoms with Crippen LogP contribution in [0, 0.1) is 5.92 Å². The first-order valence-corrected chi connectivity index (χ1v) is 6.93. The van der Waals surface area contributed by atoms with Crippen LogP contribution in [-0.2, 0) is 6.54 Å². The summed E-state index contributed by atoms with van der Waals surface area (Å²) >= 11 is 0. The number of rotatable bonds is 7. The van der Waals surface area contributed by atoms with E-state index in [4.69, 9.17) is 4.74 Å². The molecule has 1 rings (SSSR count). The van der Waals surface area contributed by atoms with Gasteiger partial charge < -0.3 is 15.4 Å². The van der Waals surface area contributed by atoms with Crippen LogP contribution in [-0.4, -0.2) is 26.2 Å². The van der Waals surface area contributed by atoms with Gasteiger partial charge in [0.25, 0.3) is 0 Å². The summed E-state index contributed by atoms with van der Waals surface area (Å²) in [5.41, 5.74) is 1.10. The second-order valence-corrected chi connectivity index (χ2v) is 4.91. The smallest absolute Gasteiger partial charge is 0.191 e. The van der Waals surface area contributed by atoms with Crippen LogP contribution in [0.15, 0.2) is 41.9 Å². The van der Waals surface area contributed by atoms with E-state index in [1.54, 1.807) is 13.1 Å². The van der Waals surface area contributed by atoms with Crippen molar-refractivity contribution < 1.29 is 4.74 Å². The fourth-order valence-corrected chi connectivity index (χ4v) is 1.64. The molecule has 0 aliphatic carbocycles. The van der Waals surface area contributed by atoms with E-state index in [9.17, 15) is 0 Å². The summed E-state index contributed by atoms with van der Waals surface area (Å²) in [4.78, 5) is 4.20. The van der Waals surface area contributed by atoms with Gasteiger partial charge in [0.1, 0.15) is 12.4 Å². The topological polar surface area (TPSA) is 45.6 Å². The summed E-state index contributed by atoms with van der Waals surface area (Å²) in [6, 6.07) is 7.97. The summed E-state index contributed by atoms with van der Waals surface area (Å²) in [6.45, 7) is 10.1. The Balaban J connectivity index is 2.57. The molecule has 0 aliphatic rings. The van der Waals surface area contributed by atoms with E-state index in [2.05, 4.69) is 36.1 Å². The highest BCUT2D eigenvalue weighted by Gasteiger charge is 2.04. The van der Waals surface area contributed by atoms with Gasteiger partial charge in [0.15, 0.2) is 5.96 Å². The van der Waals surface area contributed by atoms with Crippen molar-refractivity contribution >= 4 is 5.96 Å². The van der Waals surface area contributed by atoms with Crippen LogP contribution < -0.4 is 15.4 Å². The molecule has 20 heavy (non-hydrogen) atoms. The molecule has 0 atom stereocenters. The first kappa shape index (κ1) is 16.1. The molecule has 4 heteroatoms. The SMILES string of the molecule is C=CCOc1ccccc1CNC(=NC)NCC(C)C. The van der Waals surface area contributed by atoms with Crippen LogP contribution in [0.4, 0.5) is 0 Å². The lowest BCUT2D eigenvalue weighted by Crippen LogP contribution is -2.38. The zero-order chi connectivity index (χ0) is 14.8. The average molecular weight is 275 g/mol. The maximum absolute atomic E-state index is 5.63. The Labute approximate surface area is 121 Å². The molecule has 1 aromatic carbocycles. The highest BCUT2D eigenvalue weighted by atomic mass is 16.5. The third-order valence-corrected chi connectivity index (χ3v) is 2.68. The van der Waals surface area contributed by atoms with Gasteiger partial charge in [-0.15, -0.1) is 0 Å². The summed E-state index contributed by atoms with van der Waals surface area (Å²) in [5, 5.41) is 6.57. The number of nitrogens with zero attached hydrogens (tertiary/aromatic N) is 1. The third kappa shape index (κ3) is 5.78. The van der Waals surface area contributed by atoms with Crippen molar-refractivity contribution in [1.82, 2.24) is 10.6 Å². The predicted molar refractivity (Wildman–Crippen MR) is 85.2 cm³/mol. The number of aliphatic imine (C=N–C) groups is 1. The van der Waals surface area contributed by atoms with Crippen LogP contribution in [0.3, 0.4) is 0 Å². The second-order valence-electron chi connectivity index (χ2n) is 4.91. The lowest BCUT2D eigenvalue weighted by Gasteiger charge is -2.15. The largest absolute Gasteiger partial charge is 0.489 e. The number of hydrogen-bond acceptors (Lipinski definition) is 2. The molecule has 0 saturated heterocycles. The molecule has 2 N–H and O–H groups in total. The van der Waals surface area contributed by atoms with Gasteiger partial charge in [-0.1, -0.05) is 44.7 Å². The van der Waals surface area contributed by atoms with Gasteiger partial charge in [-0.25, -0.2) is 0 Å². The Kier molecular flexibility index (Phi) is 7.25. The summed E-state index contributed by atoms with van der Waals surface area (Å²) in [7, 11) is 1.77. The molecule has 0 aromatic heterocycles. The average Bonchev–Trinajstić information content (AvgIpc) is 2.46. The quantitative estimate of drug-likeness (QED) is 0.457. The summed E-state index contributed by atoms with van der Waals surface area (Å²) in [5.74, 6) is 2.26. The Morgan fingerprint density at radius 2 is 2.10 bits per heavy atom. The Hall–Kier alpha value is -1.97. The van der Waals surface area contributed by atoms with Crippen molar-refractivity contribution in [2.45, 2.75) is 20.4 Å². The summed E-state index contributed by atoms with van der Waals surface area (Å²) < 4.78 is 5.63. The van der Waals surface area contributed by atoms with Crippen molar-refractivity contribution in [3.63, 3.8) is 0 Å². The molecule has 0 unspecified atom stereocenters. The van der Waals surface area contributed by atoms with Gasteiger partial charge in [-0.3, -0.25) is 4.99 Å². The van der Waals surface area contributed by atoms with E-state index in [0.29, 0.717) is 19.1 Å². The predicted octanol–water partition coefficient (Wildman–Crippen LogP) is 2.57. The van der Waals surface area contributed by atoms with E-state index in [0.717, 1.165) is 23.8 Å². The minimum absolute atomic E-state index is 0.511. The number of para-hydroxylation sites is 1. The van der Waals surface area contributed by atoms with Crippen molar-refractivity contribution in [2.75, 3.05) is 20.2 Å². The van der Waals surface area contributed by atoms with Crippen LogP contribution >= 0.6 is 0 Å². The highest BCUT2D eigenvalue weighted by molar-refractivity contribution is 5.79. The van der Waals surface area contributed by atoms with Crippen LogP contribution in [0.1, 0.15) is 19.4 Å². The molecule has 1 aromatic rings. The fourth-order valence-electron chi connectivity index (χ4n) is 1.64. The molecule has 0 saturated carbocycles. The number of hydrogen-bond donors (Lipinski definition) is 2. The molecule has 0 heterocycles. The van der Waals surface area contributed by atoms with Gasteiger partial charge in [-0.05, 0) is 12.0 Å². The van der Waals surface area contributed by atoms with Gasteiger partial charge in [0, 0.05) is 25.7 Å². The molecule has 0 radical (unpaired) electrons. The molecule has 0 amide bonds. The zero-order valence-electron chi connectivity index (χ0n) is 12.6. The standard InChI is InChI=1S/C16H25N3O/c1-5-10-20-15-9-7-6-8-14(15)12-19-16(17-4)18-11-13(2)3/h5-9,13H,1,10-12H2,2-4H3,(H2,17,18,19). The molecule has 110 valence electrons. The van der Waals surface area contributed by atoms with E-state index < -0.39 is 0 Å². The van der Waals surface area contributed by atoms with Crippen LogP contribution in [0.2, 0.25) is 0 Å². The Morgan fingerprint density at radius 3 is 2.75 bits per heavy atom. The Morgan fingerprint density at radius 1 is 1.35 bits per heavy atom. The minimum atomic E-state index is 0.511. The molecular formula is C16H25N3O. The monoisotopic (exact) mass is 275 g/mol. The van der Waals surface area contributed by atoms with Crippen LogP contribution in [0.5, 0.6) is 5.75 Å². The van der Waals surface area contributed by atoms with E-state index in [-0.39, 0.29) is 0 Å². The zero-order valence-corrected chi connectivity index (χ0v) is 12.6. The number of ether oxygens (including phenoxy) is 1. The van der Waals surface area contributed by atoms with E-state index >= 15 is 0 Å². The summed E-state index contributed by atoms with van der Waals surface area (Å²) in [6.07, 6.45) is 1.74. The van der Waals surface area contributed by atoms with Crippen molar-refractivity contribution in [2.24, 2.45) is 10.9 Å². The van der Waals surface area contributed by atoms with Crippen LogP contribution in [0.25, 0.3) is 0 Å². The Bertz CT molecular complexity index is 441. The van der Waals surface area contributed by atoms with E-state index in [1.165, 1.54) is 0 Å². The molecule has 0 aliphatic heterocycles.